The van der Waals surface area contributed by atoms with E-state index in [1.54, 1.807) is 0 Å². The van der Waals surface area contributed by atoms with Gasteiger partial charge in [-0.05, 0) is 41.0 Å². The van der Waals surface area contributed by atoms with Crippen molar-refractivity contribution in [3.63, 3.8) is 0 Å². The van der Waals surface area contributed by atoms with E-state index in [0.717, 1.165) is 17.9 Å². The number of anilines is 1. The van der Waals surface area contributed by atoms with E-state index in [2.05, 4.69) is 24.3 Å². The van der Waals surface area contributed by atoms with Gasteiger partial charge in [0.15, 0.2) is 0 Å². The Morgan fingerprint density at radius 3 is 1.91 bits per heavy atom. The smallest absolute Gasteiger partial charge is 0.119 e. The summed E-state index contributed by atoms with van der Waals surface area (Å²) in [7, 11) is 0. The van der Waals surface area contributed by atoms with E-state index in [0.29, 0.717) is 6.61 Å². The molecular weight excluding hydrogens is 270 g/mol. The number of nitrogens with two attached hydrogens (primary N) is 1. The van der Waals surface area contributed by atoms with Crippen molar-refractivity contribution in [1.29, 1.82) is 0 Å². The Balaban J connectivity index is 1.58. The van der Waals surface area contributed by atoms with Gasteiger partial charge in [0.25, 0.3) is 0 Å². The summed E-state index contributed by atoms with van der Waals surface area (Å²) in [6, 6.07) is 26.4. The molecular formula is C20H19NO. The maximum absolute atomic E-state index is 5.72. The molecule has 0 spiro atoms. The Bertz CT molecular complexity index is 703. The van der Waals surface area contributed by atoms with Gasteiger partial charge in [-0.25, -0.2) is 0 Å². The molecule has 3 aromatic carbocycles. The Morgan fingerprint density at radius 1 is 0.682 bits per heavy atom. The lowest BCUT2D eigenvalue weighted by Gasteiger charge is -2.07. The van der Waals surface area contributed by atoms with Gasteiger partial charge in [-0.1, -0.05) is 54.6 Å². The van der Waals surface area contributed by atoms with Gasteiger partial charge in [-0.3, -0.25) is 0 Å². The normalized spacial score (nSPS) is 10.4. The van der Waals surface area contributed by atoms with E-state index < -0.39 is 0 Å². The highest BCUT2D eigenvalue weighted by atomic mass is 16.5. The predicted octanol–water partition coefficient (Wildman–Crippen LogP) is 4.56. The SMILES string of the molecule is Nc1ccc(-c2ccc(CCOc3ccccc3)cc2)cc1. The molecule has 3 aromatic rings. The number of hydrogen-bond donors (Lipinski definition) is 1. The standard InChI is InChI=1S/C20H19NO/c21-19-12-10-18(11-13-19)17-8-6-16(7-9-17)14-15-22-20-4-2-1-3-5-20/h1-13H,14-15,21H2. The molecule has 0 aromatic heterocycles. The maximum atomic E-state index is 5.72. The van der Waals surface area contributed by atoms with Crippen LogP contribution in [0.4, 0.5) is 5.69 Å². The largest absolute Gasteiger partial charge is 0.493 e. The fourth-order valence-electron chi connectivity index (χ4n) is 2.34. The second-order valence-corrected chi connectivity index (χ2v) is 5.23. The minimum atomic E-state index is 0.686. The van der Waals surface area contributed by atoms with Crippen molar-refractivity contribution < 1.29 is 4.74 Å². The molecule has 0 radical (unpaired) electrons. The average molecular weight is 289 g/mol. The Kier molecular flexibility index (Phi) is 4.40. The first-order valence-corrected chi connectivity index (χ1v) is 7.44. The summed E-state index contributed by atoms with van der Waals surface area (Å²) < 4.78 is 5.72. The Labute approximate surface area is 131 Å². The Hall–Kier alpha value is -2.74. The molecule has 2 N–H and O–H groups in total. The number of rotatable bonds is 5. The number of benzene rings is 3. The van der Waals surface area contributed by atoms with Crippen molar-refractivity contribution in [2.24, 2.45) is 0 Å². The Morgan fingerprint density at radius 2 is 1.27 bits per heavy atom. The van der Waals surface area contributed by atoms with E-state index in [4.69, 9.17) is 10.5 Å². The van der Waals surface area contributed by atoms with Gasteiger partial charge in [0.05, 0.1) is 6.61 Å². The molecule has 2 heteroatoms. The third-order valence-electron chi connectivity index (χ3n) is 3.60. The lowest BCUT2D eigenvalue weighted by Crippen LogP contribution is -2.01. The summed E-state index contributed by atoms with van der Waals surface area (Å²) >= 11 is 0. The van der Waals surface area contributed by atoms with Gasteiger partial charge in [0.1, 0.15) is 5.75 Å². The summed E-state index contributed by atoms with van der Waals surface area (Å²) in [6.07, 6.45) is 0.900. The quantitative estimate of drug-likeness (QED) is 0.699. The zero-order chi connectivity index (χ0) is 15.2. The minimum Gasteiger partial charge on any atom is -0.493 e. The van der Waals surface area contributed by atoms with Crippen molar-refractivity contribution in [3.8, 4) is 16.9 Å². The molecule has 0 amide bonds. The highest BCUT2D eigenvalue weighted by Crippen LogP contribution is 2.21. The molecule has 0 aliphatic rings. The molecule has 0 aliphatic carbocycles. The molecule has 3 rings (SSSR count). The van der Waals surface area contributed by atoms with E-state index in [1.807, 2.05) is 54.6 Å². The van der Waals surface area contributed by atoms with Crippen LogP contribution in [0.15, 0.2) is 78.9 Å². The molecule has 0 atom stereocenters. The predicted molar refractivity (Wildman–Crippen MR) is 91.9 cm³/mol. The van der Waals surface area contributed by atoms with Crippen LogP contribution in [0.3, 0.4) is 0 Å². The molecule has 0 unspecified atom stereocenters. The van der Waals surface area contributed by atoms with E-state index in [1.165, 1.54) is 16.7 Å². The summed E-state index contributed by atoms with van der Waals surface area (Å²) in [5, 5.41) is 0. The molecule has 0 aliphatic heterocycles. The zero-order valence-electron chi connectivity index (χ0n) is 12.4. The third kappa shape index (κ3) is 3.67. The lowest BCUT2D eigenvalue weighted by molar-refractivity contribution is 0.322. The number of nitrogen functional groups attached to an aromatic ring is 1. The van der Waals surface area contributed by atoms with Crippen LogP contribution in [0.5, 0.6) is 5.75 Å². The second-order valence-electron chi connectivity index (χ2n) is 5.23. The molecule has 110 valence electrons. The van der Waals surface area contributed by atoms with Crippen LogP contribution in [0.25, 0.3) is 11.1 Å². The molecule has 2 nitrogen and oxygen atoms in total. The summed E-state index contributed by atoms with van der Waals surface area (Å²) in [6.45, 7) is 0.686. The van der Waals surface area contributed by atoms with Crippen molar-refractivity contribution in [2.75, 3.05) is 12.3 Å². The number of para-hydroxylation sites is 1. The molecule has 0 saturated carbocycles. The fourth-order valence-corrected chi connectivity index (χ4v) is 2.34. The second kappa shape index (κ2) is 6.81. The van der Waals surface area contributed by atoms with Crippen molar-refractivity contribution in [1.82, 2.24) is 0 Å². The first kappa shape index (κ1) is 14.2. The molecule has 0 saturated heterocycles. The minimum absolute atomic E-state index is 0.686. The van der Waals surface area contributed by atoms with Gasteiger partial charge in [-0.15, -0.1) is 0 Å². The summed E-state index contributed by atoms with van der Waals surface area (Å²) in [5.41, 5.74) is 10.2. The van der Waals surface area contributed by atoms with Crippen LogP contribution in [0.2, 0.25) is 0 Å². The monoisotopic (exact) mass is 289 g/mol. The fraction of sp³-hybridized carbons (Fsp3) is 0.100. The van der Waals surface area contributed by atoms with Crippen molar-refractivity contribution in [3.05, 3.63) is 84.4 Å². The van der Waals surface area contributed by atoms with Crippen LogP contribution < -0.4 is 10.5 Å². The number of ether oxygens (including phenoxy) is 1. The molecule has 0 bridgehead atoms. The third-order valence-corrected chi connectivity index (χ3v) is 3.60. The van der Waals surface area contributed by atoms with Crippen LogP contribution >= 0.6 is 0 Å². The van der Waals surface area contributed by atoms with Gasteiger partial charge in [0, 0.05) is 12.1 Å². The van der Waals surface area contributed by atoms with E-state index >= 15 is 0 Å². The molecule has 0 heterocycles. The van der Waals surface area contributed by atoms with Crippen molar-refractivity contribution >= 4 is 5.69 Å². The van der Waals surface area contributed by atoms with E-state index in [-0.39, 0.29) is 0 Å². The van der Waals surface area contributed by atoms with Crippen LogP contribution in [-0.4, -0.2) is 6.61 Å². The highest BCUT2D eigenvalue weighted by Gasteiger charge is 1.99. The van der Waals surface area contributed by atoms with E-state index in [9.17, 15) is 0 Å². The first-order valence-electron chi connectivity index (χ1n) is 7.44. The van der Waals surface area contributed by atoms with Gasteiger partial charge in [-0.2, -0.15) is 0 Å². The van der Waals surface area contributed by atoms with Crippen molar-refractivity contribution in [2.45, 2.75) is 6.42 Å². The molecule has 22 heavy (non-hydrogen) atoms. The van der Waals surface area contributed by atoms with Gasteiger partial charge >= 0.3 is 0 Å². The van der Waals surface area contributed by atoms with Crippen LogP contribution in [-0.2, 0) is 6.42 Å². The molecule has 0 fully saturated rings. The lowest BCUT2D eigenvalue weighted by atomic mass is 10.0. The topological polar surface area (TPSA) is 35.2 Å². The summed E-state index contributed by atoms with van der Waals surface area (Å²) in [5.74, 6) is 0.918. The van der Waals surface area contributed by atoms with Crippen LogP contribution in [0, 0.1) is 0 Å². The first-order chi connectivity index (χ1) is 10.8. The van der Waals surface area contributed by atoms with Gasteiger partial charge in [0.2, 0.25) is 0 Å². The number of hydrogen-bond acceptors (Lipinski definition) is 2. The highest BCUT2D eigenvalue weighted by molar-refractivity contribution is 5.65. The average Bonchev–Trinajstić information content (AvgIpc) is 2.57. The van der Waals surface area contributed by atoms with Crippen LogP contribution in [0.1, 0.15) is 5.56 Å². The zero-order valence-corrected chi connectivity index (χ0v) is 12.4. The van der Waals surface area contributed by atoms with Gasteiger partial charge < -0.3 is 10.5 Å². The maximum Gasteiger partial charge on any atom is 0.119 e. The summed E-state index contributed by atoms with van der Waals surface area (Å²) in [4.78, 5) is 0.